The summed E-state index contributed by atoms with van der Waals surface area (Å²) in [6, 6.07) is 8.53. The molecule has 2 rings (SSSR count). The summed E-state index contributed by atoms with van der Waals surface area (Å²) < 4.78 is 16.1. The minimum Gasteiger partial charge on any atom is -0.394 e. The minimum absolute atomic E-state index is 0.0487. The van der Waals surface area contributed by atoms with E-state index >= 15 is 0 Å². The number of carbonyl (C=O) groups is 1. The Balaban J connectivity index is 1.77. The molecule has 0 saturated carbocycles. The maximum absolute atomic E-state index is 12.0. The van der Waals surface area contributed by atoms with Gasteiger partial charge in [0.1, 0.15) is 24.9 Å². The highest BCUT2D eigenvalue weighted by atomic mass is 16.6. The number of Topliss-reactive ketones (excluding diaryl/α,β-unsaturated/α-hetero) is 1. The van der Waals surface area contributed by atoms with Gasteiger partial charge in [0.2, 0.25) is 0 Å². The second-order valence-corrected chi connectivity index (χ2v) is 6.45. The number of nitrogens with two attached hydrogens (primary N) is 1. The minimum atomic E-state index is -1.36. The molecule has 26 heavy (non-hydrogen) atoms. The molecule has 1 aromatic carbocycles. The molecule has 146 valence electrons. The van der Waals surface area contributed by atoms with E-state index in [1.54, 1.807) is 6.92 Å². The topological polar surface area (TPSA) is 131 Å². The molecule has 1 saturated heterocycles. The molecular weight excluding hydrogens is 342 g/mol. The zero-order valence-corrected chi connectivity index (χ0v) is 14.7. The van der Waals surface area contributed by atoms with Crippen LogP contribution < -0.4 is 5.73 Å². The fourth-order valence-electron chi connectivity index (χ4n) is 2.83. The van der Waals surface area contributed by atoms with Gasteiger partial charge in [0, 0.05) is 6.42 Å². The fraction of sp³-hybridized carbons (Fsp3) is 0.611. The Morgan fingerprint density at radius 3 is 2.65 bits per heavy atom. The molecule has 8 heteroatoms. The summed E-state index contributed by atoms with van der Waals surface area (Å²) in [4.78, 5) is 12.0. The molecule has 1 heterocycles. The number of ketones is 1. The number of benzene rings is 1. The van der Waals surface area contributed by atoms with Crippen molar-refractivity contribution in [3.8, 4) is 0 Å². The first kappa shape index (κ1) is 20.9. The van der Waals surface area contributed by atoms with Crippen LogP contribution in [0.25, 0.3) is 0 Å². The van der Waals surface area contributed by atoms with Crippen LogP contribution in [0.1, 0.15) is 18.9 Å². The second kappa shape index (κ2) is 10.1. The lowest BCUT2D eigenvalue weighted by molar-refractivity contribution is -0.262. The Labute approximate surface area is 152 Å². The molecular formula is C18H27NO7. The molecule has 0 aliphatic carbocycles. The smallest absolute Gasteiger partial charge is 0.173 e. The molecule has 1 aromatic rings. The van der Waals surface area contributed by atoms with E-state index in [1.807, 2.05) is 30.3 Å². The van der Waals surface area contributed by atoms with Crippen molar-refractivity contribution < 1.29 is 34.3 Å². The van der Waals surface area contributed by atoms with Crippen LogP contribution in [-0.2, 0) is 25.6 Å². The third kappa shape index (κ3) is 5.82. The maximum atomic E-state index is 12.0. The molecule has 1 fully saturated rings. The van der Waals surface area contributed by atoms with Crippen molar-refractivity contribution in [2.24, 2.45) is 5.73 Å². The standard InChI is InChI=1S/C18H27NO7/c1-11(7-13(21)10-24-9-12-5-3-2-4-6-12)25-17-15(19)18(23)26-14(8-20)16(17)22/h2-6,11,14-18,20,22-23H,7-10,19H2,1H3/t11?,14-,15-,16-,17-,18+/m1/s1. The van der Waals surface area contributed by atoms with E-state index in [1.165, 1.54) is 0 Å². The van der Waals surface area contributed by atoms with Gasteiger partial charge in [0.15, 0.2) is 12.1 Å². The van der Waals surface area contributed by atoms with Gasteiger partial charge in [-0.25, -0.2) is 0 Å². The molecule has 8 nitrogen and oxygen atoms in total. The van der Waals surface area contributed by atoms with Gasteiger partial charge in [0.25, 0.3) is 0 Å². The van der Waals surface area contributed by atoms with Crippen molar-refractivity contribution in [2.45, 2.75) is 56.7 Å². The Hall–Kier alpha value is -1.39. The average Bonchev–Trinajstić information content (AvgIpc) is 2.62. The zero-order valence-electron chi connectivity index (χ0n) is 14.7. The zero-order chi connectivity index (χ0) is 19.1. The second-order valence-electron chi connectivity index (χ2n) is 6.45. The number of hydrogen-bond acceptors (Lipinski definition) is 8. The van der Waals surface area contributed by atoms with Crippen LogP contribution in [0.5, 0.6) is 0 Å². The summed E-state index contributed by atoms with van der Waals surface area (Å²) in [5.41, 5.74) is 6.78. The number of aliphatic hydroxyl groups is 3. The Morgan fingerprint density at radius 2 is 2.00 bits per heavy atom. The lowest BCUT2D eigenvalue weighted by Gasteiger charge is -2.41. The van der Waals surface area contributed by atoms with Gasteiger partial charge in [-0.15, -0.1) is 0 Å². The van der Waals surface area contributed by atoms with Crippen LogP contribution in [0.15, 0.2) is 30.3 Å². The van der Waals surface area contributed by atoms with Gasteiger partial charge < -0.3 is 35.3 Å². The Kier molecular flexibility index (Phi) is 8.11. The van der Waals surface area contributed by atoms with Crippen LogP contribution in [0.3, 0.4) is 0 Å². The van der Waals surface area contributed by atoms with Crippen molar-refractivity contribution in [1.29, 1.82) is 0 Å². The van der Waals surface area contributed by atoms with E-state index in [-0.39, 0.29) is 18.8 Å². The highest BCUT2D eigenvalue weighted by Gasteiger charge is 2.44. The first-order valence-corrected chi connectivity index (χ1v) is 8.59. The van der Waals surface area contributed by atoms with E-state index in [0.29, 0.717) is 6.61 Å². The summed E-state index contributed by atoms with van der Waals surface area (Å²) in [7, 11) is 0. The number of aliphatic hydroxyl groups excluding tert-OH is 3. The highest BCUT2D eigenvalue weighted by Crippen LogP contribution is 2.22. The van der Waals surface area contributed by atoms with Gasteiger partial charge in [-0.3, -0.25) is 4.79 Å². The van der Waals surface area contributed by atoms with Crippen molar-refractivity contribution in [1.82, 2.24) is 0 Å². The summed E-state index contributed by atoms with van der Waals surface area (Å²) in [6.07, 6.45) is -4.98. The Morgan fingerprint density at radius 1 is 1.31 bits per heavy atom. The van der Waals surface area contributed by atoms with Crippen LogP contribution in [0, 0.1) is 0 Å². The van der Waals surface area contributed by atoms with Crippen molar-refractivity contribution in [3.05, 3.63) is 35.9 Å². The molecule has 0 spiro atoms. The lowest BCUT2D eigenvalue weighted by atomic mass is 9.97. The van der Waals surface area contributed by atoms with E-state index in [4.69, 9.17) is 19.9 Å². The molecule has 0 aromatic heterocycles. The van der Waals surface area contributed by atoms with E-state index in [9.17, 15) is 20.1 Å². The third-order valence-electron chi connectivity index (χ3n) is 4.20. The fourth-order valence-corrected chi connectivity index (χ4v) is 2.83. The van der Waals surface area contributed by atoms with Crippen molar-refractivity contribution in [3.63, 3.8) is 0 Å². The lowest BCUT2D eigenvalue weighted by Crippen LogP contribution is -2.63. The van der Waals surface area contributed by atoms with Crippen LogP contribution in [0.4, 0.5) is 0 Å². The average molecular weight is 369 g/mol. The summed E-state index contributed by atoms with van der Waals surface area (Å²) in [6.45, 7) is 1.48. The summed E-state index contributed by atoms with van der Waals surface area (Å²) in [5.74, 6) is -0.150. The maximum Gasteiger partial charge on any atom is 0.173 e. The first-order valence-electron chi connectivity index (χ1n) is 8.59. The predicted molar refractivity (Wildman–Crippen MR) is 92.0 cm³/mol. The molecule has 5 N–H and O–H groups in total. The van der Waals surface area contributed by atoms with Gasteiger partial charge >= 0.3 is 0 Å². The van der Waals surface area contributed by atoms with Gasteiger partial charge in [-0.2, -0.15) is 0 Å². The van der Waals surface area contributed by atoms with Gasteiger partial charge in [-0.05, 0) is 12.5 Å². The number of hydrogen-bond donors (Lipinski definition) is 4. The van der Waals surface area contributed by atoms with E-state index in [0.717, 1.165) is 5.56 Å². The quantitative estimate of drug-likeness (QED) is 0.451. The number of ether oxygens (including phenoxy) is 3. The first-order chi connectivity index (χ1) is 12.4. The number of carbonyl (C=O) groups excluding carboxylic acids is 1. The van der Waals surface area contributed by atoms with E-state index in [2.05, 4.69) is 0 Å². The molecule has 0 amide bonds. The van der Waals surface area contributed by atoms with E-state index < -0.39 is 43.4 Å². The van der Waals surface area contributed by atoms with Crippen molar-refractivity contribution >= 4 is 5.78 Å². The number of rotatable bonds is 9. The molecule has 0 bridgehead atoms. The third-order valence-corrected chi connectivity index (χ3v) is 4.20. The normalized spacial score (nSPS) is 30.1. The van der Waals surface area contributed by atoms with Gasteiger partial charge in [-0.1, -0.05) is 30.3 Å². The monoisotopic (exact) mass is 369 g/mol. The molecule has 6 atom stereocenters. The SMILES string of the molecule is CC(CC(=O)COCc1ccccc1)O[C@@H]1[C@@H](N)[C@@H](O)O[C@H](CO)[C@H]1O. The molecule has 1 aliphatic heterocycles. The van der Waals surface area contributed by atoms with Crippen molar-refractivity contribution in [2.75, 3.05) is 13.2 Å². The van der Waals surface area contributed by atoms with Crippen LogP contribution >= 0.6 is 0 Å². The molecule has 1 aliphatic rings. The largest absolute Gasteiger partial charge is 0.394 e. The predicted octanol–water partition coefficient (Wildman–Crippen LogP) is -0.666. The van der Waals surface area contributed by atoms with Crippen LogP contribution in [-0.4, -0.2) is 71.1 Å². The molecule has 1 unspecified atom stereocenters. The summed E-state index contributed by atoms with van der Waals surface area (Å²) in [5, 5.41) is 29.1. The Bertz CT molecular complexity index is 556. The highest BCUT2D eigenvalue weighted by molar-refractivity contribution is 5.80. The molecule has 0 radical (unpaired) electrons. The van der Waals surface area contributed by atoms with Gasteiger partial charge in [0.05, 0.1) is 25.4 Å². The van der Waals surface area contributed by atoms with Crippen LogP contribution in [0.2, 0.25) is 0 Å². The summed E-state index contributed by atoms with van der Waals surface area (Å²) >= 11 is 0.